The molecule has 0 saturated carbocycles. The number of halogens is 1. The van der Waals surface area contributed by atoms with Crippen LogP contribution in [-0.2, 0) is 10.2 Å². The zero-order valence-corrected chi connectivity index (χ0v) is 11.8. The largest absolute Gasteiger partial charge is 0.505 e. The van der Waals surface area contributed by atoms with Gasteiger partial charge in [0.05, 0.1) is 19.1 Å². The van der Waals surface area contributed by atoms with Crippen LogP contribution in [0, 0.1) is 0 Å². The normalized spacial score (nSPS) is 22.3. The minimum Gasteiger partial charge on any atom is -0.505 e. The van der Waals surface area contributed by atoms with Crippen LogP contribution < -0.4 is 4.90 Å². The molecule has 0 aliphatic carbocycles. The summed E-state index contributed by atoms with van der Waals surface area (Å²) in [6, 6.07) is 5.70. The Hall–Kier alpha value is -1.49. The quantitative estimate of drug-likeness (QED) is 0.852. The molecule has 0 spiro atoms. The molecule has 1 aromatic carbocycles. The van der Waals surface area contributed by atoms with E-state index in [-0.39, 0.29) is 5.41 Å². The minimum atomic E-state index is -0.941. The number of ether oxygens (including phenoxy) is 1. The molecule has 2 rings (SSSR count). The second kappa shape index (κ2) is 4.65. The third kappa shape index (κ3) is 2.10. The average molecular weight is 312 g/mol. The van der Waals surface area contributed by atoms with Crippen molar-refractivity contribution in [2.24, 2.45) is 0 Å². The van der Waals surface area contributed by atoms with Gasteiger partial charge in [-0.2, -0.15) is 0 Å². The number of methoxy groups -OCH3 is 1. The Bertz CT molecular complexity index is 515. The molecule has 1 unspecified atom stereocenters. The van der Waals surface area contributed by atoms with Gasteiger partial charge in [0.15, 0.2) is 0 Å². The van der Waals surface area contributed by atoms with Gasteiger partial charge in [-0.15, -0.1) is 0 Å². The van der Waals surface area contributed by atoms with Crippen LogP contribution in [0.3, 0.4) is 0 Å². The van der Waals surface area contributed by atoms with Crippen molar-refractivity contribution in [2.45, 2.75) is 12.3 Å². The monoisotopic (exact) mass is 311 g/mol. The van der Waals surface area contributed by atoms with Gasteiger partial charge in [-0.05, 0) is 23.8 Å². The standard InChI is InChI=1S/C13H14BrNO3/c1-13(5-6-18-2)8-15(12(16)17)11-7-9(14)3-4-10(11)13/h3-7H,8H2,1-2H3,(H,16,17). The maximum Gasteiger partial charge on any atom is 0.411 e. The Kier molecular flexibility index (Phi) is 3.34. The van der Waals surface area contributed by atoms with Crippen molar-refractivity contribution in [2.75, 3.05) is 18.6 Å². The number of amides is 1. The number of rotatable bonds is 2. The molecule has 1 atom stereocenters. The summed E-state index contributed by atoms with van der Waals surface area (Å²) in [6.45, 7) is 2.40. The van der Waals surface area contributed by atoms with Crippen LogP contribution in [-0.4, -0.2) is 24.9 Å². The van der Waals surface area contributed by atoms with Gasteiger partial charge < -0.3 is 9.84 Å². The van der Waals surface area contributed by atoms with Crippen molar-refractivity contribution >= 4 is 27.7 Å². The molecule has 0 bridgehead atoms. The number of carboxylic acid groups (broad SMARTS) is 1. The SMILES string of the molecule is COC=CC1(C)CN(C(=O)O)c2cc(Br)ccc21. The van der Waals surface area contributed by atoms with Crippen molar-refractivity contribution in [1.29, 1.82) is 0 Å². The maximum atomic E-state index is 11.3. The average Bonchev–Trinajstić information content (AvgIpc) is 2.61. The van der Waals surface area contributed by atoms with Crippen LogP contribution in [0.25, 0.3) is 0 Å². The van der Waals surface area contributed by atoms with Crippen LogP contribution >= 0.6 is 15.9 Å². The first kappa shape index (κ1) is 13.0. The molecule has 1 N–H and O–H groups in total. The lowest BCUT2D eigenvalue weighted by molar-refractivity contribution is 0.201. The fourth-order valence-electron chi connectivity index (χ4n) is 2.24. The fraction of sp³-hybridized carbons (Fsp3) is 0.308. The maximum absolute atomic E-state index is 11.3. The van der Waals surface area contributed by atoms with Gasteiger partial charge in [-0.25, -0.2) is 4.79 Å². The summed E-state index contributed by atoms with van der Waals surface area (Å²) in [5.74, 6) is 0. The third-order valence-corrected chi connectivity index (χ3v) is 3.65. The highest BCUT2D eigenvalue weighted by atomic mass is 79.9. The van der Waals surface area contributed by atoms with E-state index in [1.54, 1.807) is 13.4 Å². The van der Waals surface area contributed by atoms with Gasteiger partial charge in [-0.3, -0.25) is 4.90 Å². The predicted molar refractivity (Wildman–Crippen MR) is 73.0 cm³/mol. The molecule has 0 aromatic heterocycles. The van der Waals surface area contributed by atoms with Crippen LogP contribution in [0.4, 0.5) is 10.5 Å². The van der Waals surface area contributed by atoms with E-state index in [1.807, 2.05) is 31.2 Å². The number of benzene rings is 1. The molecular formula is C13H14BrNO3. The van der Waals surface area contributed by atoms with Crippen molar-refractivity contribution in [3.63, 3.8) is 0 Å². The smallest absolute Gasteiger partial charge is 0.411 e. The topological polar surface area (TPSA) is 49.8 Å². The zero-order chi connectivity index (χ0) is 13.3. The Labute approximate surface area is 114 Å². The molecule has 1 aromatic rings. The summed E-state index contributed by atoms with van der Waals surface area (Å²) >= 11 is 3.37. The first-order valence-corrected chi connectivity index (χ1v) is 6.28. The van der Waals surface area contributed by atoms with Crippen molar-refractivity contribution < 1.29 is 14.6 Å². The predicted octanol–water partition coefficient (Wildman–Crippen LogP) is 3.36. The van der Waals surface area contributed by atoms with E-state index < -0.39 is 6.09 Å². The summed E-state index contributed by atoms with van der Waals surface area (Å²) in [4.78, 5) is 12.7. The van der Waals surface area contributed by atoms with Crippen LogP contribution in [0.5, 0.6) is 0 Å². The lowest BCUT2D eigenvalue weighted by Crippen LogP contribution is -2.33. The number of hydrogen-bond acceptors (Lipinski definition) is 2. The van der Waals surface area contributed by atoms with E-state index in [2.05, 4.69) is 15.9 Å². The molecule has 1 heterocycles. The molecule has 0 saturated heterocycles. The number of anilines is 1. The number of hydrogen-bond donors (Lipinski definition) is 1. The Morgan fingerprint density at radius 2 is 2.33 bits per heavy atom. The summed E-state index contributed by atoms with van der Waals surface area (Å²) in [5, 5.41) is 9.26. The summed E-state index contributed by atoms with van der Waals surface area (Å²) in [6.07, 6.45) is 2.55. The molecule has 0 radical (unpaired) electrons. The lowest BCUT2D eigenvalue weighted by Gasteiger charge is -2.20. The van der Waals surface area contributed by atoms with Gasteiger partial charge in [0.25, 0.3) is 0 Å². The summed E-state index contributed by atoms with van der Waals surface area (Å²) in [7, 11) is 1.58. The van der Waals surface area contributed by atoms with E-state index in [1.165, 1.54) is 4.90 Å². The number of carbonyl (C=O) groups is 1. The van der Waals surface area contributed by atoms with Crippen molar-refractivity contribution in [3.8, 4) is 0 Å². The molecule has 0 fully saturated rings. The highest BCUT2D eigenvalue weighted by molar-refractivity contribution is 9.10. The van der Waals surface area contributed by atoms with E-state index in [0.29, 0.717) is 6.54 Å². The molecular weight excluding hydrogens is 298 g/mol. The highest BCUT2D eigenvalue weighted by Crippen LogP contribution is 2.42. The van der Waals surface area contributed by atoms with Gasteiger partial charge in [0, 0.05) is 16.4 Å². The van der Waals surface area contributed by atoms with E-state index in [9.17, 15) is 9.90 Å². The first-order valence-electron chi connectivity index (χ1n) is 5.49. The molecule has 5 heteroatoms. The second-order valence-electron chi connectivity index (χ2n) is 4.49. The fourth-order valence-corrected chi connectivity index (χ4v) is 2.59. The molecule has 1 aliphatic rings. The van der Waals surface area contributed by atoms with Crippen LogP contribution in [0.2, 0.25) is 0 Å². The Morgan fingerprint density at radius 1 is 1.61 bits per heavy atom. The third-order valence-electron chi connectivity index (χ3n) is 3.16. The summed E-state index contributed by atoms with van der Waals surface area (Å²) in [5.41, 5.74) is 1.35. The van der Waals surface area contributed by atoms with Gasteiger partial charge in [0.2, 0.25) is 0 Å². The Morgan fingerprint density at radius 3 is 2.94 bits per heavy atom. The Balaban J connectivity index is 2.52. The van der Waals surface area contributed by atoms with E-state index >= 15 is 0 Å². The first-order chi connectivity index (χ1) is 8.48. The van der Waals surface area contributed by atoms with Crippen molar-refractivity contribution in [1.82, 2.24) is 0 Å². The lowest BCUT2D eigenvalue weighted by atomic mass is 9.85. The van der Waals surface area contributed by atoms with Crippen LogP contribution in [0.1, 0.15) is 12.5 Å². The van der Waals surface area contributed by atoms with Crippen molar-refractivity contribution in [3.05, 3.63) is 40.6 Å². The van der Waals surface area contributed by atoms with E-state index in [4.69, 9.17) is 4.74 Å². The van der Waals surface area contributed by atoms with E-state index in [0.717, 1.165) is 15.7 Å². The number of nitrogens with zero attached hydrogens (tertiary/aromatic N) is 1. The molecule has 18 heavy (non-hydrogen) atoms. The van der Waals surface area contributed by atoms with Gasteiger partial charge in [-0.1, -0.05) is 28.9 Å². The molecule has 1 amide bonds. The number of fused-ring (bicyclic) bond motifs is 1. The van der Waals surface area contributed by atoms with Gasteiger partial charge in [0.1, 0.15) is 0 Å². The zero-order valence-electron chi connectivity index (χ0n) is 10.2. The van der Waals surface area contributed by atoms with Crippen LogP contribution in [0.15, 0.2) is 35.0 Å². The molecule has 1 aliphatic heterocycles. The highest BCUT2D eigenvalue weighted by Gasteiger charge is 2.39. The molecule has 4 nitrogen and oxygen atoms in total. The minimum absolute atomic E-state index is 0.357. The van der Waals surface area contributed by atoms with Gasteiger partial charge >= 0.3 is 6.09 Å². The second-order valence-corrected chi connectivity index (χ2v) is 5.40. The summed E-state index contributed by atoms with van der Waals surface area (Å²) < 4.78 is 5.82. The molecule has 96 valence electrons.